The quantitative estimate of drug-likeness (QED) is 0.490. The highest BCUT2D eigenvalue weighted by Crippen LogP contribution is 2.27. The summed E-state index contributed by atoms with van der Waals surface area (Å²) in [6.07, 6.45) is -3.31. The Morgan fingerprint density at radius 1 is 1.56 bits per heavy atom. The van der Waals surface area contributed by atoms with Crippen LogP contribution in [-0.4, -0.2) is 21.0 Å². The highest BCUT2D eigenvalue weighted by molar-refractivity contribution is 5.90. The van der Waals surface area contributed by atoms with Gasteiger partial charge in [0.15, 0.2) is 0 Å². The van der Waals surface area contributed by atoms with Crippen molar-refractivity contribution in [1.82, 2.24) is 4.98 Å². The second-order valence-corrected chi connectivity index (χ2v) is 2.60. The molecule has 1 N–H and O–H groups in total. The number of carboxylic acids is 1. The van der Waals surface area contributed by atoms with Gasteiger partial charge < -0.3 is 5.11 Å². The largest absolute Gasteiger partial charge is 0.476 e. The van der Waals surface area contributed by atoms with Crippen molar-refractivity contribution in [2.75, 3.05) is 0 Å². The van der Waals surface area contributed by atoms with Crippen LogP contribution in [0, 0.1) is 16.1 Å². The third-order valence-corrected chi connectivity index (χ3v) is 1.62. The molecule has 0 aliphatic carbocycles. The van der Waals surface area contributed by atoms with Crippen LogP contribution >= 0.6 is 0 Å². The Balaban J connectivity index is 3.49. The fourth-order valence-electron chi connectivity index (χ4n) is 0.945. The van der Waals surface area contributed by atoms with E-state index in [1.807, 2.05) is 0 Å². The first-order valence-corrected chi connectivity index (χ1v) is 3.71. The normalized spacial score (nSPS) is 10.5. The molecule has 0 spiro atoms. The van der Waals surface area contributed by atoms with Gasteiger partial charge in [-0.05, 0) is 0 Å². The topological polar surface area (TPSA) is 93.3 Å². The summed E-state index contributed by atoms with van der Waals surface area (Å²) in [5, 5.41) is 18.8. The lowest BCUT2D eigenvalue weighted by Gasteiger charge is -2.02. The number of aromatic nitrogens is 1. The number of alkyl halides is 2. The molecule has 1 aromatic heterocycles. The molecule has 0 atom stereocenters. The molecule has 0 aromatic carbocycles. The number of rotatable bonds is 3. The van der Waals surface area contributed by atoms with E-state index >= 15 is 0 Å². The molecule has 16 heavy (non-hydrogen) atoms. The van der Waals surface area contributed by atoms with E-state index in [-0.39, 0.29) is 6.07 Å². The Bertz CT molecular complexity index is 463. The molecular formula is C7H3F3N2O4. The van der Waals surface area contributed by atoms with Crippen LogP contribution in [0.15, 0.2) is 6.07 Å². The number of carboxylic acid groups (broad SMARTS) is 1. The Hall–Kier alpha value is -2.19. The molecule has 0 saturated heterocycles. The Morgan fingerprint density at radius 2 is 2.12 bits per heavy atom. The third-order valence-electron chi connectivity index (χ3n) is 1.62. The lowest BCUT2D eigenvalue weighted by atomic mass is 10.2. The molecule has 0 unspecified atom stereocenters. The fraction of sp³-hybridized carbons (Fsp3) is 0.143. The van der Waals surface area contributed by atoms with Crippen LogP contribution in [0.4, 0.5) is 18.9 Å². The van der Waals surface area contributed by atoms with Crippen molar-refractivity contribution < 1.29 is 28.0 Å². The summed E-state index contributed by atoms with van der Waals surface area (Å²) in [6, 6.07) is 0.163. The van der Waals surface area contributed by atoms with Crippen molar-refractivity contribution in [2.45, 2.75) is 6.43 Å². The maximum Gasteiger partial charge on any atom is 0.361 e. The van der Waals surface area contributed by atoms with E-state index < -0.39 is 40.2 Å². The first-order valence-electron chi connectivity index (χ1n) is 3.71. The first-order chi connectivity index (χ1) is 7.34. The predicted octanol–water partition coefficient (Wildman–Crippen LogP) is 1.76. The Morgan fingerprint density at radius 3 is 2.50 bits per heavy atom. The molecule has 0 saturated carbocycles. The van der Waals surface area contributed by atoms with E-state index in [0.717, 1.165) is 0 Å². The van der Waals surface area contributed by atoms with Crippen molar-refractivity contribution in [3.05, 3.63) is 33.4 Å². The standard InChI is InChI=1S/C7H3F3N2O4/c8-5(9)2-1-3(12(15)16)4(7(13)14)11-6(2)10/h1,5H,(H,13,14). The summed E-state index contributed by atoms with van der Waals surface area (Å²) in [4.78, 5) is 22.2. The minimum Gasteiger partial charge on any atom is -0.476 e. The van der Waals surface area contributed by atoms with Gasteiger partial charge in [0, 0.05) is 6.07 Å². The van der Waals surface area contributed by atoms with E-state index in [1.165, 1.54) is 0 Å². The van der Waals surface area contributed by atoms with E-state index in [9.17, 15) is 28.1 Å². The SMILES string of the molecule is O=C(O)c1nc(F)c(C(F)F)cc1[N+](=O)[O-]. The molecule has 86 valence electrons. The van der Waals surface area contributed by atoms with Crippen LogP contribution in [0.5, 0.6) is 0 Å². The van der Waals surface area contributed by atoms with Crippen LogP contribution < -0.4 is 0 Å². The maximum absolute atomic E-state index is 12.8. The van der Waals surface area contributed by atoms with Gasteiger partial charge in [0.2, 0.25) is 11.6 Å². The average molecular weight is 236 g/mol. The lowest BCUT2D eigenvalue weighted by Crippen LogP contribution is -2.09. The van der Waals surface area contributed by atoms with Crippen molar-refractivity contribution >= 4 is 11.7 Å². The zero-order chi connectivity index (χ0) is 12.5. The summed E-state index contributed by atoms with van der Waals surface area (Å²) >= 11 is 0. The van der Waals surface area contributed by atoms with Gasteiger partial charge in [-0.25, -0.2) is 18.6 Å². The molecule has 1 rings (SSSR count). The number of carbonyl (C=O) groups is 1. The summed E-state index contributed by atoms with van der Waals surface area (Å²) in [5.41, 5.74) is -3.70. The zero-order valence-electron chi connectivity index (χ0n) is 7.35. The molecule has 0 amide bonds. The number of hydrogen-bond acceptors (Lipinski definition) is 4. The van der Waals surface area contributed by atoms with Gasteiger partial charge in [-0.1, -0.05) is 0 Å². The molecule has 0 aliphatic rings. The van der Waals surface area contributed by atoms with E-state index in [1.54, 1.807) is 0 Å². The monoisotopic (exact) mass is 236 g/mol. The van der Waals surface area contributed by atoms with E-state index in [2.05, 4.69) is 4.98 Å². The van der Waals surface area contributed by atoms with Gasteiger partial charge in [-0.3, -0.25) is 10.1 Å². The van der Waals surface area contributed by atoms with Gasteiger partial charge >= 0.3 is 11.7 Å². The Kier molecular flexibility index (Phi) is 3.06. The molecular weight excluding hydrogens is 233 g/mol. The van der Waals surface area contributed by atoms with Crippen LogP contribution in [-0.2, 0) is 0 Å². The summed E-state index contributed by atoms with van der Waals surface area (Å²) in [5.74, 6) is -3.61. The summed E-state index contributed by atoms with van der Waals surface area (Å²) in [7, 11) is 0. The number of halogens is 3. The zero-order valence-corrected chi connectivity index (χ0v) is 7.35. The minimum absolute atomic E-state index is 0.163. The van der Waals surface area contributed by atoms with Crippen LogP contribution in [0.1, 0.15) is 22.5 Å². The van der Waals surface area contributed by atoms with Crippen LogP contribution in [0.3, 0.4) is 0 Å². The van der Waals surface area contributed by atoms with Crippen molar-refractivity contribution in [3.63, 3.8) is 0 Å². The number of nitrogens with zero attached hydrogens (tertiary/aromatic N) is 2. The Labute approximate surface area is 85.5 Å². The highest BCUT2D eigenvalue weighted by atomic mass is 19.3. The average Bonchev–Trinajstić information content (AvgIpc) is 2.15. The molecule has 1 heterocycles. The van der Waals surface area contributed by atoms with Gasteiger partial charge in [0.25, 0.3) is 6.43 Å². The van der Waals surface area contributed by atoms with Crippen molar-refractivity contribution in [2.24, 2.45) is 0 Å². The van der Waals surface area contributed by atoms with Crippen LogP contribution in [0.2, 0.25) is 0 Å². The smallest absolute Gasteiger partial charge is 0.361 e. The molecule has 0 aliphatic heterocycles. The van der Waals surface area contributed by atoms with Gasteiger partial charge in [-0.2, -0.15) is 4.39 Å². The van der Waals surface area contributed by atoms with E-state index in [0.29, 0.717) is 0 Å². The van der Waals surface area contributed by atoms with Crippen molar-refractivity contribution in [1.29, 1.82) is 0 Å². The van der Waals surface area contributed by atoms with Gasteiger partial charge in [0.1, 0.15) is 0 Å². The molecule has 1 aromatic rings. The second kappa shape index (κ2) is 4.13. The predicted molar refractivity (Wildman–Crippen MR) is 42.8 cm³/mol. The number of hydrogen-bond donors (Lipinski definition) is 1. The summed E-state index contributed by atoms with van der Waals surface area (Å²) < 4.78 is 37.1. The molecule has 0 radical (unpaired) electrons. The molecule has 6 nitrogen and oxygen atoms in total. The third kappa shape index (κ3) is 2.07. The number of aromatic carboxylic acids is 1. The first kappa shape index (κ1) is 11.9. The lowest BCUT2D eigenvalue weighted by molar-refractivity contribution is -0.385. The molecule has 0 bridgehead atoms. The van der Waals surface area contributed by atoms with Gasteiger partial charge in [0.05, 0.1) is 10.5 Å². The van der Waals surface area contributed by atoms with Crippen molar-refractivity contribution in [3.8, 4) is 0 Å². The molecule has 0 fully saturated rings. The summed E-state index contributed by atoms with van der Waals surface area (Å²) in [6.45, 7) is 0. The maximum atomic E-state index is 12.8. The van der Waals surface area contributed by atoms with E-state index in [4.69, 9.17) is 5.11 Å². The second-order valence-electron chi connectivity index (χ2n) is 2.60. The number of pyridine rings is 1. The van der Waals surface area contributed by atoms with Crippen LogP contribution in [0.25, 0.3) is 0 Å². The molecule has 9 heteroatoms. The van der Waals surface area contributed by atoms with Gasteiger partial charge in [-0.15, -0.1) is 0 Å². The number of nitro groups is 1. The highest BCUT2D eigenvalue weighted by Gasteiger charge is 2.28. The minimum atomic E-state index is -3.31. The fourth-order valence-corrected chi connectivity index (χ4v) is 0.945.